The molecule has 0 spiro atoms. The number of hydrogen-bond donors (Lipinski definition) is 2. The quantitative estimate of drug-likeness (QED) is 0.317. The summed E-state index contributed by atoms with van der Waals surface area (Å²) in [6.45, 7) is 2.09. The number of aryl methyl sites for hydroxylation is 1. The first-order chi connectivity index (χ1) is 15.0. The Labute approximate surface area is 175 Å². The number of aromatic nitrogens is 3. The first kappa shape index (κ1) is 18.2. The number of nitrogens with zero attached hydrogens (tertiary/aromatic N) is 3. The van der Waals surface area contributed by atoms with Crippen LogP contribution in [0, 0.1) is 6.92 Å². The van der Waals surface area contributed by atoms with Crippen molar-refractivity contribution in [1.82, 2.24) is 14.5 Å². The number of esters is 1. The van der Waals surface area contributed by atoms with Crippen molar-refractivity contribution < 1.29 is 19.7 Å². The third kappa shape index (κ3) is 2.37. The van der Waals surface area contributed by atoms with Crippen LogP contribution in [0.1, 0.15) is 33.9 Å². The fraction of sp³-hybridized carbons (Fsp3) is 0.217. The van der Waals surface area contributed by atoms with Crippen LogP contribution in [0.2, 0.25) is 0 Å². The molecule has 4 aromatic rings. The zero-order valence-corrected chi connectivity index (χ0v) is 16.5. The van der Waals surface area contributed by atoms with Crippen LogP contribution in [0.15, 0.2) is 35.3 Å². The molecule has 31 heavy (non-hydrogen) atoms. The minimum Gasteiger partial charge on any atom is -0.458 e. The number of cyclic esters (lactones) is 1. The summed E-state index contributed by atoms with van der Waals surface area (Å²) in [6, 6.07) is 7.37. The van der Waals surface area contributed by atoms with Crippen LogP contribution in [0.3, 0.4) is 0 Å². The van der Waals surface area contributed by atoms with Crippen LogP contribution < -0.4 is 5.56 Å². The smallest absolute Gasteiger partial charge is 0.340 e. The lowest BCUT2D eigenvalue weighted by atomic mass is 9.97. The third-order valence-corrected chi connectivity index (χ3v) is 6.30. The van der Waals surface area contributed by atoms with Gasteiger partial charge in [-0.2, -0.15) is 0 Å². The largest absolute Gasteiger partial charge is 0.458 e. The normalized spacial score (nSPS) is 16.9. The molecule has 0 radical (unpaired) electrons. The Balaban J connectivity index is 1.66. The number of carbonyl (C=O) groups is 1. The fourth-order valence-corrected chi connectivity index (χ4v) is 4.68. The lowest BCUT2D eigenvalue weighted by molar-refractivity contribution is -0.157. The molecule has 6 rings (SSSR count). The SMILES string of the molecule is Cc1c2c(nc3ccc4ncc(CO)cc4c13)-c1cc3c(c(=O)n1C2)COC(=O)C3O. The van der Waals surface area contributed by atoms with Crippen molar-refractivity contribution in [2.45, 2.75) is 32.8 Å². The second-order valence-corrected chi connectivity index (χ2v) is 7.96. The van der Waals surface area contributed by atoms with Gasteiger partial charge in [-0.1, -0.05) is 0 Å². The van der Waals surface area contributed by atoms with E-state index in [2.05, 4.69) is 4.98 Å². The van der Waals surface area contributed by atoms with Crippen molar-refractivity contribution in [3.05, 3.63) is 68.6 Å². The molecule has 0 fully saturated rings. The highest BCUT2D eigenvalue weighted by Crippen LogP contribution is 2.39. The van der Waals surface area contributed by atoms with Gasteiger partial charge in [-0.3, -0.25) is 9.78 Å². The predicted molar refractivity (Wildman–Crippen MR) is 111 cm³/mol. The highest BCUT2D eigenvalue weighted by molar-refractivity contribution is 6.08. The summed E-state index contributed by atoms with van der Waals surface area (Å²) in [6.07, 6.45) is 0.179. The second kappa shape index (κ2) is 6.19. The van der Waals surface area contributed by atoms with Crippen molar-refractivity contribution in [3.63, 3.8) is 0 Å². The van der Waals surface area contributed by atoms with Gasteiger partial charge in [0.05, 0.1) is 41.1 Å². The maximum Gasteiger partial charge on any atom is 0.340 e. The number of carbonyl (C=O) groups excluding carboxylic acids is 1. The van der Waals surface area contributed by atoms with Gasteiger partial charge in [0.25, 0.3) is 5.56 Å². The number of aliphatic hydroxyl groups is 2. The van der Waals surface area contributed by atoms with Crippen LogP contribution in [0.5, 0.6) is 0 Å². The van der Waals surface area contributed by atoms with E-state index in [4.69, 9.17) is 9.72 Å². The number of ether oxygens (including phenoxy) is 1. The van der Waals surface area contributed by atoms with E-state index in [1.807, 2.05) is 25.1 Å². The zero-order chi connectivity index (χ0) is 21.4. The van der Waals surface area contributed by atoms with E-state index in [1.165, 1.54) is 0 Å². The van der Waals surface area contributed by atoms with Crippen LogP contribution in [0.25, 0.3) is 33.2 Å². The van der Waals surface area contributed by atoms with Crippen molar-refractivity contribution >= 4 is 27.8 Å². The molecular weight excluding hydrogens is 398 g/mol. The molecule has 8 heteroatoms. The summed E-state index contributed by atoms with van der Waals surface area (Å²) >= 11 is 0. The Hall–Kier alpha value is -3.62. The van der Waals surface area contributed by atoms with E-state index < -0.39 is 12.1 Å². The van der Waals surface area contributed by atoms with E-state index in [-0.39, 0.29) is 24.3 Å². The first-order valence-corrected chi connectivity index (χ1v) is 9.91. The molecule has 5 heterocycles. The Kier molecular flexibility index (Phi) is 3.63. The molecule has 8 nitrogen and oxygen atoms in total. The summed E-state index contributed by atoms with van der Waals surface area (Å²) in [5.74, 6) is -0.753. The summed E-state index contributed by atoms with van der Waals surface area (Å²) in [7, 11) is 0. The molecule has 0 amide bonds. The van der Waals surface area contributed by atoms with Crippen LogP contribution in [-0.4, -0.2) is 30.7 Å². The average molecular weight is 415 g/mol. The number of hydrogen-bond acceptors (Lipinski definition) is 7. The second-order valence-electron chi connectivity index (χ2n) is 7.96. The molecule has 2 N–H and O–H groups in total. The molecule has 0 saturated heterocycles. The molecule has 2 aliphatic heterocycles. The van der Waals surface area contributed by atoms with Gasteiger partial charge < -0.3 is 19.5 Å². The molecule has 154 valence electrons. The topological polar surface area (TPSA) is 115 Å². The van der Waals surface area contributed by atoms with Crippen LogP contribution in [-0.2, 0) is 29.3 Å². The molecule has 1 unspecified atom stereocenters. The van der Waals surface area contributed by atoms with E-state index >= 15 is 0 Å². The van der Waals surface area contributed by atoms with Crippen molar-refractivity contribution in [2.75, 3.05) is 0 Å². The molecule has 2 aliphatic rings. The Morgan fingerprint density at radius 1 is 1.19 bits per heavy atom. The number of pyridine rings is 3. The van der Waals surface area contributed by atoms with Crippen LogP contribution >= 0.6 is 0 Å². The lowest BCUT2D eigenvalue weighted by Crippen LogP contribution is -2.32. The van der Waals surface area contributed by atoms with E-state index in [0.717, 1.165) is 32.9 Å². The van der Waals surface area contributed by atoms with Gasteiger partial charge in [-0.25, -0.2) is 9.78 Å². The zero-order valence-electron chi connectivity index (χ0n) is 16.5. The monoisotopic (exact) mass is 415 g/mol. The molecule has 0 bridgehead atoms. The Morgan fingerprint density at radius 3 is 2.81 bits per heavy atom. The average Bonchev–Trinajstić information content (AvgIpc) is 3.15. The van der Waals surface area contributed by atoms with Crippen LogP contribution in [0.4, 0.5) is 0 Å². The van der Waals surface area contributed by atoms with Gasteiger partial charge in [-0.05, 0) is 42.3 Å². The van der Waals surface area contributed by atoms with Gasteiger partial charge in [0.2, 0.25) is 0 Å². The van der Waals surface area contributed by atoms with E-state index in [1.54, 1.807) is 16.8 Å². The highest BCUT2D eigenvalue weighted by Gasteiger charge is 2.34. The number of aliphatic hydroxyl groups excluding tert-OH is 2. The van der Waals surface area contributed by atoms with Gasteiger partial charge >= 0.3 is 5.97 Å². The van der Waals surface area contributed by atoms with Crippen molar-refractivity contribution in [2.24, 2.45) is 0 Å². The summed E-state index contributed by atoms with van der Waals surface area (Å²) in [5.41, 5.74) is 5.72. The molecule has 1 atom stereocenters. The van der Waals surface area contributed by atoms with Gasteiger partial charge in [0.15, 0.2) is 6.10 Å². The lowest BCUT2D eigenvalue weighted by Gasteiger charge is -2.21. The Morgan fingerprint density at radius 2 is 2.00 bits per heavy atom. The maximum atomic E-state index is 13.1. The van der Waals surface area contributed by atoms with E-state index in [9.17, 15) is 19.8 Å². The molecule has 0 saturated carbocycles. The maximum absolute atomic E-state index is 13.1. The third-order valence-electron chi connectivity index (χ3n) is 6.30. The molecular formula is C23H17N3O5. The molecule has 1 aromatic carbocycles. The summed E-state index contributed by atoms with van der Waals surface area (Å²) < 4.78 is 6.56. The molecule has 0 aliphatic carbocycles. The Bertz CT molecular complexity index is 1520. The number of fused-ring (bicyclic) bond motifs is 7. The number of benzene rings is 1. The van der Waals surface area contributed by atoms with Gasteiger partial charge in [0.1, 0.15) is 6.61 Å². The summed E-state index contributed by atoms with van der Waals surface area (Å²) in [5, 5.41) is 21.6. The highest BCUT2D eigenvalue weighted by atomic mass is 16.5. The number of rotatable bonds is 1. The first-order valence-electron chi connectivity index (χ1n) is 9.91. The standard InChI is InChI=1S/C23H17N3O5/c1-10-14-7-26-18(5-12-15(22(26)29)9-31-23(30)21(12)28)20(14)25-17-3-2-16-13(19(10)17)4-11(8-27)6-24-16/h2-6,21,27-28H,7-9H2,1H3. The minimum absolute atomic E-state index is 0.105. The van der Waals surface area contributed by atoms with Crippen molar-refractivity contribution in [3.8, 4) is 11.4 Å². The van der Waals surface area contributed by atoms with Gasteiger partial charge in [0, 0.05) is 28.1 Å². The van der Waals surface area contributed by atoms with E-state index in [0.29, 0.717) is 29.1 Å². The van der Waals surface area contributed by atoms with Crippen molar-refractivity contribution in [1.29, 1.82) is 0 Å². The predicted octanol–water partition coefficient (Wildman–Crippen LogP) is 1.86. The minimum atomic E-state index is -1.47. The summed E-state index contributed by atoms with van der Waals surface area (Å²) in [4.78, 5) is 34.2. The molecule has 3 aromatic heterocycles. The fourth-order valence-electron chi connectivity index (χ4n) is 4.68. The van der Waals surface area contributed by atoms with Gasteiger partial charge in [-0.15, -0.1) is 0 Å².